The first kappa shape index (κ1) is 9.30. The first-order valence-corrected chi connectivity index (χ1v) is 4.63. The minimum Gasteiger partial charge on any atom is -0.462 e. The molecule has 0 N–H and O–H groups in total. The number of cyclic esters (lactones) is 1. The standard InChI is InChI=1S/C10H16O2/c1-2-3-4-6-9-7-5-8-10(11)12-9/h2,9H,1,3-8H2. The second-order valence-corrected chi connectivity index (χ2v) is 3.22. The van der Waals surface area contributed by atoms with Crippen molar-refractivity contribution in [2.24, 2.45) is 0 Å². The Morgan fingerprint density at radius 2 is 2.50 bits per heavy atom. The molecule has 0 aromatic rings. The lowest BCUT2D eigenvalue weighted by Crippen LogP contribution is -2.23. The molecule has 0 radical (unpaired) electrons. The summed E-state index contributed by atoms with van der Waals surface area (Å²) in [5.41, 5.74) is 0. The molecule has 0 aliphatic carbocycles. The lowest BCUT2D eigenvalue weighted by molar-refractivity contribution is -0.154. The van der Waals surface area contributed by atoms with E-state index in [1.54, 1.807) is 0 Å². The molecule has 0 aromatic carbocycles. The second-order valence-electron chi connectivity index (χ2n) is 3.22. The summed E-state index contributed by atoms with van der Waals surface area (Å²) < 4.78 is 5.16. The van der Waals surface area contributed by atoms with E-state index in [2.05, 4.69) is 6.58 Å². The molecule has 1 fully saturated rings. The van der Waals surface area contributed by atoms with Crippen molar-refractivity contribution in [3.8, 4) is 0 Å². The molecule has 2 nitrogen and oxygen atoms in total. The molecule has 0 aromatic heterocycles. The highest BCUT2D eigenvalue weighted by atomic mass is 16.5. The lowest BCUT2D eigenvalue weighted by Gasteiger charge is -2.21. The normalized spacial score (nSPS) is 23.3. The summed E-state index contributed by atoms with van der Waals surface area (Å²) in [5.74, 6) is -0.0233. The van der Waals surface area contributed by atoms with Crippen LogP contribution in [0.3, 0.4) is 0 Å². The molecule has 1 rings (SSSR count). The number of unbranched alkanes of at least 4 members (excludes halogenated alkanes) is 1. The van der Waals surface area contributed by atoms with Crippen molar-refractivity contribution in [2.45, 2.75) is 44.6 Å². The summed E-state index contributed by atoms with van der Waals surface area (Å²) in [7, 11) is 0. The molecule has 0 bridgehead atoms. The van der Waals surface area contributed by atoms with E-state index in [1.165, 1.54) is 0 Å². The maximum atomic E-state index is 10.9. The van der Waals surface area contributed by atoms with Crippen LogP contribution in [0.15, 0.2) is 12.7 Å². The molecule has 2 heteroatoms. The van der Waals surface area contributed by atoms with E-state index in [4.69, 9.17) is 4.74 Å². The molecule has 0 saturated carbocycles. The fourth-order valence-corrected chi connectivity index (χ4v) is 1.47. The van der Waals surface area contributed by atoms with Gasteiger partial charge in [-0.05, 0) is 32.1 Å². The van der Waals surface area contributed by atoms with Gasteiger partial charge >= 0.3 is 5.97 Å². The van der Waals surface area contributed by atoms with Gasteiger partial charge in [-0.15, -0.1) is 6.58 Å². The van der Waals surface area contributed by atoms with Gasteiger partial charge in [-0.1, -0.05) is 6.08 Å². The van der Waals surface area contributed by atoms with Crippen LogP contribution in [0, 0.1) is 0 Å². The van der Waals surface area contributed by atoms with Crippen LogP contribution in [0.4, 0.5) is 0 Å². The SMILES string of the molecule is C=CCCCC1CCCC(=O)O1. The van der Waals surface area contributed by atoms with Crippen LogP contribution < -0.4 is 0 Å². The zero-order valence-corrected chi connectivity index (χ0v) is 7.42. The van der Waals surface area contributed by atoms with E-state index < -0.39 is 0 Å². The van der Waals surface area contributed by atoms with E-state index in [9.17, 15) is 4.79 Å². The minimum absolute atomic E-state index is 0.0233. The zero-order valence-electron chi connectivity index (χ0n) is 7.42. The van der Waals surface area contributed by atoms with Crippen molar-refractivity contribution in [1.82, 2.24) is 0 Å². The fraction of sp³-hybridized carbons (Fsp3) is 0.700. The molecule has 1 heterocycles. The number of carbonyl (C=O) groups excluding carboxylic acids is 1. The Balaban J connectivity index is 2.14. The van der Waals surface area contributed by atoms with Gasteiger partial charge in [-0.25, -0.2) is 0 Å². The maximum absolute atomic E-state index is 10.9. The van der Waals surface area contributed by atoms with Crippen molar-refractivity contribution >= 4 is 5.97 Å². The van der Waals surface area contributed by atoms with Gasteiger partial charge in [0.2, 0.25) is 0 Å². The molecule has 1 atom stereocenters. The highest BCUT2D eigenvalue weighted by Crippen LogP contribution is 2.18. The predicted molar refractivity (Wildman–Crippen MR) is 47.8 cm³/mol. The number of hydrogen-bond acceptors (Lipinski definition) is 2. The van der Waals surface area contributed by atoms with Crippen LogP contribution in [0.2, 0.25) is 0 Å². The molecule has 0 spiro atoms. The molecule has 1 saturated heterocycles. The van der Waals surface area contributed by atoms with Crippen LogP contribution in [-0.2, 0) is 9.53 Å². The third kappa shape index (κ3) is 3.07. The molecule has 1 aliphatic heterocycles. The van der Waals surface area contributed by atoms with Crippen LogP contribution >= 0.6 is 0 Å². The van der Waals surface area contributed by atoms with Gasteiger partial charge in [0, 0.05) is 6.42 Å². The van der Waals surface area contributed by atoms with Gasteiger partial charge in [-0.2, -0.15) is 0 Å². The Morgan fingerprint density at radius 3 is 3.17 bits per heavy atom. The summed E-state index contributed by atoms with van der Waals surface area (Å²) in [6.45, 7) is 3.65. The third-order valence-corrected chi connectivity index (χ3v) is 2.14. The Morgan fingerprint density at radius 1 is 1.67 bits per heavy atom. The quantitative estimate of drug-likeness (QED) is 0.366. The molecular formula is C10H16O2. The van der Waals surface area contributed by atoms with Gasteiger partial charge in [0.05, 0.1) is 0 Å². The molecule has 12 heavy (non-hydrogen) atoms. The van der Waals surface area contributed by atoms with Gasteiger partial charge in [0.1, 0.15) is 6.10 Å². The first-order valence-electron chi connectivity index (χ1n) is 4.63. The fourth-order valence-electron chi connectivity index (χ4n) is 1.47. The number of hydrogen-bond donors (Lipinski definition) is 0. The van der Waals surface area contributed by atoms with Crippen molar-refractivity contribution in [2.75, 3.05) is 0 Å². The summed E-state index contributed by atoms with van der Waals surface area (Å²) in [5, 5.41) is 0. The minimum atomic E-state index is -0.0233. The van der Waals surface area contributed by atoms with Crippen molar-refractivity contribution in [1.29, 1.82) is 0 Å². The molecule has 0 amide bonds. The van der Waals surface area contributed by atoms with Gasteiger partial charge < -0.3 is 4.74 Å². The van der Waals surface area contributed by atoms with E-state index in [-0.39, 0.29) is 12.1 Å². The van der Waals surface area contributed by atoms with Crippen LogP contribution in [0.25, 0.3) is 0 Å². The van der Waals surface area contributed by atoms with Crippen molar-refractivity contribution in [3.05, 3.63) is 12.7 Å². The van der Waals surface area contributed by atoms with Gasteiger partial charge in [-0.3, -0.25) is 4.79 Å². The average molecular weight is 168 g/mol. The smallest absolute Gasteiger partial charge is 0.306 e. The summed E-state index contributed by atoms with van der Waals surface area (Å²) in [6, 6.07) is 0. The van der Waals surface area contributed by atoms with Gasteiger partial charge in [0.25, 0.3) is 0 Å². The summed E-state index contributed by atoms with van der Waals surface area (Å²) >= 11 is 0. The highest BCUT2D eigenvalue weighted by molar-refractivity contribution is 5.70. The Hall–Kier alpha value is -0.790. The summed E-state index contributed by atoms with van der Waals surface area (Å²) in [6.07, 6.45) is 7.85. The Bertz CT molecular complexity index is 163. The topological polar surface area (TPSA) is 26.3 Å². The highest BCUT2D eigenvalue weighted by Gasteiger charge is 2.19. The number of allylic oxidation sites excluding steroid dienone is 1. The first-order chi connectivity index (χ1) is 5.83. The van der Waals surface area contributed by atoms with Crippen LogP contribution in [-0.4, -0.2) is 12.1 Å². The Labute approximate surface area is 73.6 Å². The lowest BCUT2D eigenvalue weighted by atomic mass is 10.0. The van der Waals surface area contributed by atoms with E-state index >= 15 is 0 Å². The zero-order chi connectivity index (χ0) is 8.81. The second kappa shape index (κ2) is 4.96. The van der Waals surface area contributed by atoms with Crippen LogP contribution in [0.1, 0.15) is 38.5 Å². The number of esters is 1. The Kier molecular flexibility index (Phi) is 3.85. The number of rotatable bonds is 4. The van der Waals surface area contributed by atoms with Crippen LogP contribution in [0.5, 0.6) is 0 Å². The molecule has 1 unspecified atom stereocenters. The number of ether oxygens (including phenoxy) is 1. The van der Waals surface area contributed by atoms with E-state index in [0.717, 1.165) is 32.1 Å². The van der Waals surface area contributed by atoms with Crippen molar-refractivity contribution in [3.63, 3.8) is 0 Å². The molecular weight excluding hydrogens is 152 g/mol. The molecule has 68 valence electrons. The summed E-state index contributed by atoms with van der Waals surface area (Å²) in [4.78, 5) is 10.9. The van der Waals surface area contributed by atoms with Gasteiger partial charge in [0.15, 0.2) is 0 Å². The largest absolute Gasteiger partial charge is 0.462 e. The third-order valence-electron chi connectivity index (χ3n) is 2.14. The predicted octanol–water partition coefficient (Wildman–Crippen LogP) is 2.44. The van der Waals surface area contributed by atoms with E-state index in [0.29, 0.717) is 6.42 Å². The van der Waals surface area contributed by atoms with E-state index in [1.807, 2.05) is 6.08 Å². The monoisotopic (exact) mass is 168 g/mol. The average Bonchev–Trinajstić information content (AvgIpc) is 2.05. The number of carbonyl (C=O) groups is 1. The van der Waals surface area contributed by atoms with Crippen molar-refractivity contribution < 1.29 is 9.53 Å². The molecule has 1 aliphatic rings. The maximum Gasteiger partial charge on any atom is 0.306 e.